The van der Waals surface area contributed by atoms with Crippen molar-refractivity contribution in [2.24, 2.45) is 0 Å². The first kappa shape index (κ1) is 17.2. The van der Waals surface area contributed by atoms with Crippen molar-refractivity contribution >= 4 is 16.7 Å². The van der Waals surface area contributed by atoms with Crippen molar-refractivity contribution < 1.29 is 9.53 Å². The molecule has 3 aromatic carbocycles. The highest BCUT2D eigenvalue weighted by Crippen LogP contribution is 2.18. The summed E-state index contributed by atoms with van der Waals surface area (Å²) in [6.45, 7) is 0.692. The van der Waals surface area contributed by atoms with Gasteiger partial charge in [0.2, 0.25) is 0 Å². The molecule has 0 aliphatic carbocycles. The van der Waals surface area contributed by atoms with Crippen LogP contribution in [0.2, 0.25) is 0 Å². The fraction of sp³-hybridized carbons (Fsp3) is 0.227. The number of ether oxygens (including phenoxy) is 1. The van der Waals surface area contributed by atoms with Gasteiger partial charge in [0, 0.05) is 6.54 Å². The van der Waals surface area contributed by atoms with Crippen LogP contribution in [0, 0.1) is 0 Å². The molecule has 3 rings (SSSR count). The number of likely N-dealkylation sites (N-methyl/N-ethyl adjacent to an activating group) is 1. The highest BCUT2D eigenvalue weighted by Gasteiger charge is 2.24. The Morgan fingerprint density at radius 1 is 0.920 bits per heavy atom. The van der Waals surface area contributed by atoms with Crippen LogP contribution in [0.15, 0.2) is 72.8 Å². The van der Waals surface area contributed by atoms with Gasteiger partial charge >= 0.3 is 5.97 Å². The Labute approximate surface area is 148 Å². The Hall–Kier alpha value is -2.65. The average molecular weight is 333 g/mol. The number of carbonyl (C=O) groups is 1. The summed E-state index contributed by atoms with van der Waals surface area (Å²) in [5, 5.41) is 2.44. The number of hydrogen-bond donors (Lipinski definition) is 0. The molecular weight excluding hydrogens is 310 g/mol. The zero-order chi connectivity index (χ0) is 17.6. The zero-order valence-corrected chi connectivity index (χ0v) is 14.7. The Bertz CT molecular complexity index is 845. The maximum Gasteiger partial charge on any atom is 0.323 e. The number of methoxy groups -OCH3 is 1. The van der Waals surface area contributed by atoms with Gasteiger partial charge in [0.25, 0.3) is 0 Å². The average Bonchev–Trinajstić information content (AvgIpc) is 2.66. The minimum Gasteiger partial charge on any atom is -0.468 e. The van der Waals surface area contributed by atoms with Gasteiger partial charge in [-0.15, -0.1) is 0 Å². The van der Waals surface area contributed by atoms with Gasteiger partial charge in [-0.2, -0.15) is 0 Å². The molecule has 0 amide bonds. The van der Waals surface area contributed by atoms with Crippen molar-refractivity contribution in [2.45, 2.75) is 19.0 Å². The first-order valence-corrected chi connectivity index (χ1v) is 8.47. The molecule has 1 atom stereocenters. The van der Waals surface area contributed by atoms with E-state index < -0.39 is 0 Å². The molecule has 0 heterocycles. The minimum absolute atomic E-state index is 0.202. The maximum absolute atomic E-state index is 12.3. The van der Waals surface area contributed by atoms with E-state index in [1.807, 2.05) is 49.5 Å². The van der Waals surface area contributed by atoms with Crippen LogP contribution < -0.4 is 0 Å². The number of fused-ring (bicyclic) bond motifs is 1. The molecule has 128 valence electrons. The van der Waals surface area contributed by atoms with Crippen LogP contribution in [-0.2, 0) is 22.5 Å². The summed E-state index contributed by atoms with van der Waals surface area (Å²) in [7, 11) is 3.42. The first-order valence-electron chi connectivity index (χ1n) is 8.47. The molecule has 0 spiro atoms. The number of nitrogens with zero attached hydrogens (tertiary/aromatic N) is 1. The van der Waals surface area contributed by atoms with E-state index in [9.17, 15) is 4.79 Å². The van der Waals surface area contributed by atoms with Crippen molar-refractivity contribution in [1.82, 2.24) is 4.90 Å². The quantitative estimate of drug-likeness (QED) is 0.637. The number of esters is 1. The third-order valence-corrected chi connectivity index (χ3v) is 4.52. The van der Waals surface area contributed by atoms with E-state index in [4.69, 9.17) is 4.74 Å². The molecule has 0 bridgehead atoms. The predicted molar refractivity (Wildman–Crippen MR) is 101 cm³/mol. The molecule has 0 aliphatic heterocycles. The van der Waals surface area contributed by atoms with E-state index >= 15 is 0 Å². The van der Waals surface area contributed by atoms with Gasteiger partial charge in [-0.05, 0) is 41.4 Å². The van der Waals surface area contributed by atoms with Gasteiger partial charge in [0.15, 0.2) is 0 Å². The lowest BCUT2D eigenvalue weighted by Crippen LogP contribution is -2.40. The third-order valence-electron chi connectivity index (χ3n) is 4.52. The van der Waals surface area contributed by atoms with E-state index in [2.05, 4.69) is 35.2 Å². The van der Waals surface area contributed by atoms with Crippen molar-refractivity contribution in [1.29, 1.82) is 0 Å². The second kappa shape index (κ2) is 7.95. The van der Waals surface area contributed by atoms with Crippen LogP contribution >= 0.6 is 0 Å². The predicted octanol–water partition coefficient (Wildman–Crippen LogP) is 4.06. The molecule has 25 heavy (non-hydrogen) atoms. The standard InChI is InChI=1S/C22H23NO2/c1-23(16-18-12-13-19-10-6-7-11-20(19)14-18)21(22(24)25-2)15-17-8-4-3-5-9-17/h3-14,21H,15-16H2,1-2H3/t21-/m0/s1. The summed E-state index contributed by atoms with van der Waals surface area (Å²) in [4.78, 5) is 14.4. The fourth-order valence-electron chi connectivity index (χ4n) is 3.13. The molecule has 0 aromatic heterocycles. The molecule has 0 aliphatic rings. The van der Waals surface area contributed by atoms with Crippen molar-refractivity contribution in [3.8, 4) is 0 Å². The Balaban J connectivity index is 1.78. The summed E-state index contributed by atoms with van der Waals surface area (Å²) in [6, 6.07) is 24.5. The minimum atomic E-state index is -0.307. The lowest BCUT2D eigenvalue weighted by atomic mass is 10.0. The number of hydrogen-bond acceptors (Lipinski definition) is 3. The van der Waals surface area contributed by atoms with Crippen molar-refractivity contribution in [2.75, 3.05) is 14.2 Å². The highest BCUT2D eigenvalue weighted by molar-refractivity contribution is 5.83. The van der Waals surface area contributed by atoms with Crippen LogP contribution in [0.3, 0.4) is 0 Å². The molecule has 0 saturated heterocycles. The zero-order valence-electron chi connectivity index (χ0n) is 14.7. The van der Waals surface area contributed by atoms with Crippen molar-refractivity contribution in [3.63, 3.8) is 0 Å². The molecule has 3 nitrogen and oxygen atoms in total. The Morgan fingerprint density at radius 2 is 1.60 bits per heavy atom. The molecule has 0 radical (unpaired) electrons. The maximum atomic E-state index is 12.3. The highest BCUT2D eigenvalue weighted by atomic mass is 16.5. The number of rotatable bonds is 6. The summed E-state index contributed by atoms with van der Waals surface area (Å²) in [5.74, 6) is -0.202. The van der Waals surface area contributed by atoms with Gasteiger partial charge in [-0.1, -0.05) is 66.7 Å². The van der Waals surface area contributed by atoms with E-state index in [1.165, 1.54) is 23.4 Å². The largest absolute Gasteiger partial charge is 0.468 e. The smallest absolute Gasteiger partial charge is 0.323 e. The summed E-state index contributed by atoms with van der Waals surface area (Å²) >= 11 is 0. The van der Waals surface area contributed by atoms with Crippen molar-refractivity contribution in [3.05, 3.63) is 83.9 Å². The monoisotopic (exact) mass is 333 g/mol. The van der Waals surface area contributed by atoms with Crippen LogP contribution in [-0.4, -0.2) is 31.1 Å². The first-order chi connectivity index (χ1) is 12.2. The van der Waals surface area contributed by atoms with Gasteiger partial charge in [-0.25, -0.2) is 0 Å². The lowest BCUT2D eigenvalue weighted by molar-refractivity contribution is -0.146. The normalized spacial score (nSPS) is 12.3. The van der Waals surface area contributed by atoms with E-state index in [0.717, 1.165) is 5.56 Å². The van der Waals surface area contributed by atoms with Gasteiger partial charge in [0.1, 0.15) is 6.04 Å². The van der Waals surface area contributed by atoms with Gasteiger partial charge in [0.05, 0.1) is 7.11 Å². The summed E-state index contributed by atoms with van der Waals surface area (Å²) in [5.41, 5.74) is 2.31. The van der Waals surface area contributed by atoms with Crippen LogP contribution in [0.25, 0.3) is 10.8 Å². The third kappa shape index (κ3) is 4.25. The topological polar surface area (TPSA) is 29.5 Å². The SMILES string of the molecule is COC(=O)[C@H](Cc1ccccc1)N(C)Cc1ccc2ccccc2c1. The molecule has 0 saturated carbocycles. The van der Waals surface area contributed by atoms with E-state index in [1.54, 1.807) is 0 Å². The number of carbonyl (C=O) groups excluding carboxylic acids is 1. The second-order valence-corrected chi connectivity index (χ2v) is 6.33. The molecule has 0 unspecified atom stereocenters. The van der Waals surface area contributed by atoms with Crippen LogP contribution in [0.1, 0.15) is 11.1 Å². The van der Waals surface area contributed by atoms with E-state index in [0.29, 0.717) is 13.0 Å². The summed E-state index contributed by atoms with van der Waals surface area (Å²) in [6.07, 6.45) is 0.637. The molecule has 0 N–H and O–H groups in total. The Kier molecular flexibility index (Phi) is 5.46. The molecule has 3 aromatic rings. The number of benzene rings is 3. The van der Waals surface area contributed by atoms with Crippen LogP contribution in [0.4, 0.5) is 0 Å². The Morgan fingerprint density at radius 3 is 2.32 bits per heavy atom. The van der Waals surface area contributed by atoms with E-state index in [-0.39, 0.29) is 12.0 Å². The lowest BCUT2D eigenvalue weighted by Gasteiger charge is -2.26. The van der Waals surface area contributed by atoms with Gasteiger partial charge < -0.3 is 4.74 Å². The molecule has 0 fully saturated rings. The molecule has 3 heteroatoms. The summed E-state index contributed by atoms with van der Waals surface area (Å²) < 4.78 is 5.03. The molecular formula is C22H23NO2. The van der Waals surface area contributed by atoms with Crippen LogP contribution in [0.5, 0.6) is 0 Å². The fourth-order valence-corrected chi connectivity index (χ4v) is 3.13. The second-order valence-electron chi connectivity index (χ2n) is 6.33. The van der Waals surface area contributed by atoms with Gasteiger partial charge in [-0.3, -0.25) is 9.69 Å².